The molecule has 1 amide bonds. The van der Waals surface area contributed by atoms with E-state index in [1.165, 1.54) is 38.0 Å². The van der Waals surface area contributed by atoms with Crippen LogP contribution in [0.2, 0.25) is 5.02 Å². The van der Waals surface area contributed by atoms with E-state index in [0.717, 1.165) is 11.3 Å². The second kappa shape index (κ2) is 13.9. The first-order chi connectivity index (χ1) is 21.2. The van der Waals surface area contributed by atoms with Crippen molar-refractivity contribution in [2.75, 3.05) is 20.3 Å². The van der Waals surface area contributed by atoms with Crippen LogP contribution in [-0.2, 0) is 27.5 Å². The molecule has 2 aromatic carbocycles. The Hall–Kier alpha value is -4.17. The van der Waals surface area contributed by atoms with Gasteiger partial charge in [-0.15, -0.1) is 11.3 Å². The fourth-order valence-corrected chi connectivity index (χ4v) is 6.05. The number of aromatic hydroxyl groups is 1. The monoisotopic (exact) mass is 669 g/mol. The first-order valence-electron chi connectivity index (χ1n) is 13.8. The average molecular weight is 670 g/mol. The SMILES string of the molecule is COc1c(F)c2c(c(Cl)c1OCCCOc1cc3cc(C(=O)C[C@H](C)C(=O)O)sc3c(F)c1O)CN(C(=O)C[C@H](C)C(=O)O)C2. The number of methoxy groups -OCH3 is 1. The molecule has 0 fully saturated rings. The summed E-state index contributed by atoms with van der Waals surface area (Å²) in [6, 6.07) is 2.77. The molecule has 15 heteroatoms. The van der Waals surface area contributed by atoms with E-state index in [0.29, 0.717) is 10.9 Å². The van der Waals surface area contributed by atoms with Gasteiger partial charge in [-0.1, -0.05) is 25.4 Å². The minimum atomic E-state index is -1.13. The Kier molecular flexibility index (Phi) is 10.4. The summed E-state index contributed by atoms with van der Waals surface area (Å²) < 4.78 is 46.8. The fourth-order valence-electron chi connectivity index (χ4n) is 4.71. The van der Waals surface area contributed by atoms with E-state index in [4.69, 9.17) is 36.0 Å². The van der Waals surface area contributed by atoms with Crippen molar-refractivity contribution in [1.82, 2.24) is 4.90 Å². The molecule has 0 radical (unpaired) electrons. The summed E-state index contributed by atoms with van der Waals surface area (Å²) in [5.74, 6) is -8.05. The number of phenols is 1. The van der Waals surface area contributed by atoms with E-state index in [-0.39, 0.29) is 83.0 Å². The quantitative estimate of drug-likeness (QED) is 0.145. The number of Topliss-reactive ketones (excluding diaryl/α,β-unsaturated/α-hetero) is 1. The van der Waals surface area contributed by atoms with E-state index in [2.05, 4.69) is 0 Å². The van der Waals surface area contributed by atoms with Gasteiger partial charge in [0, 0.05) is 48.9 Å². The van der Waals surface area contributed by atoms with Crippen molar-refractivity contribution in [3.05, 3.63) is 44.8 Å². The molecule has 0 spiro atoms. The smallest absolute Gasteiger partial charge is 0.306 e. The van der Waals surface area contributed by atoms with Crippen LogP contribution in [0, 0.1) is 23.5 Å². The summed E-state index contributed by atoms with van der Waals surface area (Å²) in [5, 5.41) is 28.8. The minimum absolute atomic E-state index is 0.0200. The van der Waals surface area contributed by atoms with E-state index in [9.17, 15) is 28.7 Å². The number of thiophene rings is 1. The Labute approximate surface area is 264 Å². The van der Waals surface area contributed by atoms with E-state index in [1.807, 2.05) is 0 Å². The number of phenolic OH excluding ortho intramolecular Hbond substituents is 1. The lowest BCUT2D eigenvalue weighted by atomic mass is 10.0. The van der Waals surface area contributed by atoms with Gasteiger partial charge in [-0.3, -0.25) is 19.2 Å². The molecule has 2 heterocycles. The average Bonchev–Trinajstić information content (AvgIpc) is 3.63. The van der Waals surface area contributed by atoms with Crippen LogP contribution in [0.5, 0.6) is 23.0 Å². The highest BCUT2D eigenvalue weighted by atomic mass is 35.5. The molecule has 3 N–H and O–H groups in total. The van der Waals surface area contributed by atoms with Crippen LogP contribution in [0.15, 0.2) is 12.1 Å². The molecule has 1 aromatic heterocycles. The summed E-state index contributed by atoms with van der Waals surface area (Å²) in [6.45, 7) is 2.52. The number of ketones is 1. The van der Waals surface area contributed by atoms with Gasteiger partial charge < -0.3 is 34.4 Å². The van der Waals surface area contributed by atoms with Gasteiger partial charge in [0.1, 0.15) is 0 Å². The number of hydrogen-bond donors (Lipinski definition) is 3. The van der Waals surface area contributed by atoms with Crippen molar-refractivity contribution < 1.29 is 57.5 Å². The predicted molar refractivity (Wildman–Crippen MR) is 158 cm³/mol. The standard InChI is InChI=1S/C30H30ClF2NO10S/c1-13(29(38)39)7-18(35)20-10-15-9-19(25(37)24(33)28(15)45-20)43-5-4-6-44-26-22(31)16-11-34(21(36)8-14(2)30(40)41)12-17(16)23(32)27(26)42-3/h9-10,13-14,37H,4-8,11-12H2,1-3H3,(H,38,39)(H,40,41)/t13-,14-/m0/s1. The number of ether oxygens (including phenoxy) is 3. The minimum Gasteiger partial charge on any atom is -0.502 e. The van der Waals surface area contributed by atoms with Crippen LogP contribution < -0.4 is 14.2 Å². The Morgan fingerprint density at radius 1 is 0.956 bits per heavy atom. The van der Waals surface area contributed by atoms with Crippen molar-refractivity contribution in [2.45, 2.75) is 46.2 Å². The highest BCUT2D eigenvalue weighted by Gasteiger charge is 2.34. The van der Waals surface area contributed by atoms with E-state index >= 15 is 4.39 Å². The molecular formula is C30H30ClF2NO10S. The number of amides is 1. The summed E-state index contributed by atoms with van der Waals surface area (Å²) in [6.07, 6.45) is -0.340. The molecule has 11 nitrogen and oxygen atoms in total. The number of nitrogens with zero attached hydrogens (tertiary/aromatic N) is 1. The maximum absolute atomic E-state index is 15.4. The summed E-state index contributed by atoms with van der Waals surface area (Å²) in [4.78, 5) is 48.7. The van der Waals surface area contributed by atoms with Crippen molar-refractivity contribution in [3.63, 3.8) is 0 Å². The largest absolute Gasteiger partial charge is 0.502 e. The molecule has 2 atom stereocenters. The molecule has 4 rings (SSSR count). The molecule has 0 unspecified atom stereocenters. The number of halogens is 3. The first kappa shape index (κ1) is 33.7. The van der Waals surface area contributed by atoms with E-state index < -0.39 is 52.8 Å². The number of rotatable bonds is 14. The Morgan fingerprint density at radius 3 is 2.22 bits per heavy atom. The molecule has 0 aliphatic carbocycles. The lowest BCUT2D eigenvalue weighted by Crippen LogP contribution is -2.28. The number of aliphatic carboxylic acids is 2. The molecule has 242 valence electrons. The van der Waals surface area contributed by atoms with Gasteiger partial charge in [0.15, 0.2) is 40.4 Å². The number of benzene rings is 2. The third kappa shape index (κ3) is 7.06. The number of carbonyl (C=O) groups is 4. The van der Waals surface area contributed by atoms with Gasteiger partial charge in [0.25, 0.3) is 0 Å². The molecule has 3 aromatic rings. The number of carbonyl (C=O) groups excluding carboxylic acids is 2. The molecule has 0 bridgehead atoms. The van der Waals surface area contributed by atoms with Crippen molar-refractivity contribution in [1.29, 1.82) is 0 Å². The highest BCUT2D eigenvalue weighted by molar-refractivity contribution is 7.20. The first-order valence-corrected chi connectivity index (χ1v) is 15.0. The van der Waals surface area contributed by atoms with Gasteiger partial charge in [0.05, 0.1) is 46.8 Å². The molecule has 1 aliphatic heterocycles. The third-order valence-electron chi connectivity index (χ3n) is 7.32. The number of carboxylic acids is 2. The predicted octanol–water partition coefficient (Wildman–Crippen LogP) is 5.64. The normalized spacial score (nSPS) is 13.8. The lowest BCUT2D eigenvalue weighted by Gasteiger charge is -2.17. The maximum Gasteiger partial charge on any atom is 0.306 e. The van der Waals surface area contributed by atoms with Crippen LogP contribution in [0.25, 0.3) is 10.1 Å². The molecule has 0 saturated carbocycles. The molecular weight excluding hydrogens is 640 g/mol. The number of hydrogen-bond acceptors (Lipinski definition) is 9. The maximum atomic E-state index is 15.4. The van der Waals surface area contributed by atoms with Crippen LogP contribution >= 0.6 is 22.9 Å². The molecule has 1 aliphatic rings. The summed E-state index contributed by atoms with van der Waals surface area (Å²) >= 11 is 7.35. The number of fused-ring (bicyclic) bond motifs is 2. The van der Waals surface area contributed by atoms with Crippen LogP contribution in [0.3, 0.4) is 0 Å². The number of carboxylic acid groups (broad SMARTS) is 2. The second-order valence-electron chi connectivity index (χ2n) is 10.6. The zero-order valence-corrected chi connectivity index (χ0v) is 26.0. The zero-order chi connectivity index (χ0) is 33.2. The van der Waals surface area contributed by atoms with E-state index in [1.54, 1.807) is 0 Å². The molecule has 45 heavy (non-hydrogen) atoms. The zero-order valence-electron chi connectivity index (χ0n) is 24.4. The van der Waals surface area contributed by atoms with Crippen molar-refractivity contribution in [3.8, 4) is 23.0 Å². The second-order valence-corrected chi connectivity index (χ2v) is 12.1. The van der Waals surface area contributed by atoms with Crippen LogP contribution in [0.4, 0.5) is 8.78 Å². The Balaban J connectivity index is 1.41. The van der Waals surface area contributed by atoms with Gasteiger partial charge in [0.2, 0.25) is 5.91 Å². The van der Waals surface area contributed by atoms with Crippen molar-refractivity contribution in [2.24, 2.45) is 11.8 Å². The summed E-state index contributed by atoms with van der Waals surface area (Å²) in [5.41, 5.74) is 0.462. The van der Waals surface area contributed by atoms with Gasteiger partial charge >= 0.3 is 11.9 Å². The fraction of sp³-hybridized carbons (Fsp3) is 0.400. The Bertz CT molecular complexity index is 1680. The lowest BCUT2D eigenvalue weighted by molar-refractivity contribution is -0.145. The van der Waals surface area contributed by atoms with Crippen molar-refractivity contribution >= 4 is 56.7 Å². The topological polar surface area (TPSA) is 160 Å². The van der Waals surface area contributed by atoms with Crippen LogP contribution in [-0.4, -0.2) is 64.2 Å². The van der Waals surface area contributed by atoms with Crippen LogP contribution in [0.1, 0.15) is 53.9 Å². The van der Waals surface area contributed by atoms with Gasteiger partial charge in [-0.05, 0) is 12.1 Å². The Morgan fingerprint density at radius 2 is 1.58 bits per heavy atom. The summed E-state index contributed by atoms with van der Waals surface area (Å²) in [7, 11) is 1.23. The van der Waals surface area contributed by atoms with Gasteiger partial charge in [-0.2, -0.15) is 0 Å². The third-order valence-corrected chi connectivity index (χ3v) is 8.91. The molecule has 0 saturated heterocycles. The van der Waals surface area contributed by atoms with Gasteiger partial charge in [-0.25, -0.2) is 8.78 Å². The highest BCUT2D eigenvalue weighted by Crippen LogP contribution is 2.46.